The van der Waals surface area contributed by atoms with Crippen molar-refractivity contribution in [2.24, 2.45) is 0 Å². The smallest absolute Gasteiger partial charge is 0.335 e. The Morgan fingerprint density at radius 2 is 2.05 bits per heavy atom. The maximum atomic E-state index is 13.5. The van der Waals surface area contributed by atoms with Crippen LogP contribution in [0.15, 0.2) is 36.4 Å². The van der Waals surface area contributed by atoms with Crippen LogP contribution in [0.25, 0.3) is 0 Å². The van der Waals surface area contributed by atoms with Gasteiger partial charge in [0.2, 0.25) is 0 Å². The van der Waals surface area contributed by atoms with Crippen molar-refractivity contribution >= 4 is 17.6 Å². The summed E-state index contributed by atoms with van der Waals surface area (Å²) in [6, 6.07) is 8.75. The van der Waals surface area contributed by atoms with Crippen LogP contribution in [0.3, 0.4) is 0 Å². The molecule has 2 aromatic rings. The van der Waals surface area contributed by atoms with Gasteiger partial charge in [0.05, 0.1) is 5.56 Å². The van der Waals surface area contributed by atoms with E-state index in [1.807, 2.05) is 0 Å². The van der Waals surface area contributed by atoms with Crippen LogP contribution in [0.5, 0.6) is 5.75 Å². The maximum Gasteiger partial charge on any atom is 0.335 e. The quantitative estimate of drug-likeness (QED) is 0.925. The molecule has 0 aliphatic carbocycles. The normalized spacial score (nSPS) is 10.3. The lowest BCUT2D eigenvalue weighted by molar-refractivity contribution is 0.0696. The summed E-state index contributed by atoms with van der Waals surface area (Å²) in [7, 11) is 0. The zero-order chi connectivity index (χ0) is 14.7. The number of carbonyl (C=O) groups is 1. The molecule has 0 radical (unpaired) electrons. The predicted octanol–water partition coefficient (Wildman–Crippen LogP) is 4.06. The van der Waals surface area contributed by atoms with E-state index in [4.69, 9.17) is 21.4 Å². The van der Waals surface area contributed by atoms with Crippen molar-refractivity contribution in [3.8, 4) is 5.75 Å². The van der Waals surface area contributed by atoms with Crippen LogP contribution in [-0.2, 0) is 6.61 Å². The predicted molar refractivity (Wildman–Crippen MR) is 73.9 cm³/mol. The van der Waals surface area contributed by atoms with Crippen LogP contribution in [0.4, 0.5) is 4.39 Å². The molecule has 3 nitrogen and oxygen atoms in total. The highest BCUT2D eigenvalue weighted by Crippen LogP contribution is 2.22. The van der Waals surface area contributed by atoms with Gasteiger partial charge >= 0.3 is 5.97 Å². The summed E-state index contributed by atoms with van der Waals surface area (Å²) in [5.74, 6) is -0.885. The minimum Gasteiger partial charge on any atom is -0.489 e. The van der Waals surface area contributed by atoms with Gasteiger partial charge in [0.1, 0.15) is 18.2 Å². The van der Waals surface area contributed by atoms with Crippen molar-refractivity contribution in [2.45, 2.75) is 13.5 Å². The summed E-state index contributed by atoms with van der Waals surface area (Å²) in [4.78, 5) is 10.8. The topological polar surface area (TPSA) is 46.5 Å². The number of carboxylic acid groups (broad SMARTS) is 1. The molecule has 2 aromatic carbocycles. The second kappa shape index (κ2) is 5.92. The molecule has 1 N–H and O–H groups in total. The Morgan fingerprint density at radius 1 is 1.30 bits per heavy atom. The monoisotopic (exact) mass is 294 g/mol. The molecule has 0 unspecified atom stereocenters. The van der Waals surface area contributed by atoms with Gasteiger partial charge in [-0.3, -0.25) is 0 Å². The number of hydrogen-bond donors (Lipinski definition) is 1. The number of ether oxygens (including phenoxy) is 1. The Bertz CT molecular complexity index is 656. The molecule has 0 aromatic heterocycles. The highest BCUT2D eigenvalue weighted by molar-refractivity contribution is 6.30. The molecular formula is C15H12ClFO3. The van der Waals surface area contributed by atoms with Crippen LogP contribution in [0.2, 0.25) is 5.02 Å². The van der Waals surface area contributed by atoms with Gasteiger partial charge in [-0.25, -0.2) is 9.18 Å². The van der Waals surface area contributed by atoms with E-state index in [-0.39, 0.29) is 12.2 Å². The van der Waals surface area contributed by atoms with E-state index in [1.165, 1.54) is 30.3 Å². The molecule has 0 atom stereocenters. The van der Waals surface area contributed by atoms with Gasteiger partial charge in [-0.05, 0) is 48.9 Å². The van der Waals surface area contributed by atoms with Crippen molar-refractivity contribution in [3.05, 3.63) is 63.9 Å². The summed E-state index contributed by atoms with van der Waals surface area (Å²) in [6.45, 7) is 1.76. The SMILES string of the molecule is Cc1cc(C(=O)O)ccc1OCc1cc(Cl)ccc1F. The molecule has 0 spiro atoms. The van der Waals surface area contributed by atoms with Gasteiger partial charge in [0.25, 0.3) is 0 Å². The lowest BCUT2D eigenvalue weighted by atomic mass is 10.1. The Hall–Kier alpha value is -2.07. The summed E-state index contributed by atoms with van der Waals surface area (Å²) in [6.07, 6.45) is 0. The van der Waals surface area contributed by atoms with Gasteiger partial charge in [0.15, 0.2) is 0 Å². The summed E-state index contributed by atoms with van der Waals surface area (Å²) in [5, 5.41) is 9.30. The third-order valence-corrected chi connectivity index (χ3v) is 3.05. The molecule has 0 amide bonds. The molecule has 0 saturated carbocycles. The minimum absolute atomic E-state index is 0.0274. The van der Waals surface area contributed by atoms with E-state index >= 15 is 0 Å². The second-order valence-electron chi connectivity index (χ2n) is 4.31. The van der Waals surface area contributed by atoms with Gasteiger partial charge in [0, 0.05) is 10.6 Å². The number of hydrogen-bond acceptors (Lipinski definition) is 2. The molecule has 0 heterocycles. The zero-order valence-electron chi connectivity index (χ0n) is 10.7. The first kappa shape index (κ1) is 14.3. The first-order valence-corrected chi connectivity index (χ1v) is 6.26. The molecule has 104 valence electrons. The Morgan fingerprint density at radius 3 is 2.70 bits per heavy atom. The zero-order valence-corrected chi connectivity index (χ0v) is 11.4. The van der Waals surface area contributed by atoms with E-state index in [9.17, 15) is 9.18 Å². The maximum absolute atomic E-state index is 13.5. The molecule has 20 heavy (non-hydrogen) atoms. The number of rotatable bonds is 4. The first-order valence-electron chi connectivity index (χ1n) is 5.88. The molecular weight excluding hydrogens is 283 g/mol. The fourth-order valence-electron chi connectivity index (χ4n) is 1.75. The number of benzene rings is 2. The van der Waals surface area contributed by atoms with Crippen LogP contribution in [-0.4, -0.2) is 11.1 Å². The van der Waals surface area contributed by atoms with Crippen molar-refractivity contribution < 1.29 is 19.0 Å². The lowest BCUT2D eigenvalue weighted by Gasteiger charge is -2.10. The number of halogens is 2. The van der Waals surface area contributed by atoms with Gasteiger partial charge < -0.3 is 9.84 Å². The van der Waals surface area contributed by atoms with E-state index < -0.39 is 11.8 Å². The Labute approximate surface area is 120 Å². The van der Waals surface area contributed by atoms with Gasteiger partial charge in [-0.2, -0.15) is 0 Å². The standard InChI is InChI=1S/C15H12ClFO3/c1-9-6-10(15(18)19)2-5-14(9)20-8-11-7-12(16)3-4-13(11)17/h2-7H,8H2,1H3,(H,18,19). The molecule has 0 fully saturated rings. The van der Waals surface area contributed by atoms with E-state index in [0.29, 0.717) is 21.9 Å². The van der Waals surface area contributed by atoms with E-state index in [0.717, 1.165) is 0 Å². The summed E-state index contributed by atoms with van der Waals surface area (Å²) in [5.41, 5.74) is 1.20. The summed E-state index contributed by atoms with van der Waals surface area (Å²) < 4.78 is 19.0. The van der Waals surface area contributed by atoms with Crippen LogP contribution in [0, 0.1) is 12.7 Å². The third kappa shape index (κ3) is 3.27. The Balaban J connectivity index is 2.15. The number of aryl methyl sites for hydroxylation is 1. The highest BCUT2D eigenvalue weighted by Gasteiger charge is 2.08. The van der Waals surface area contributed by atoms with Crippen molar-refractivity contribution in [1.29, 1.82) is 0 Å². The highest BCUT2D eigenvalue weighted by atomic mass is 35.5. The van der Waals surface area contributed by atoms with E-state index in [2.05, 4.69) is 0 Å². The van der Waals surface area contributed by atoms with Crippen LogP contribution >= 0.6 is 11.6 Å². The molecule has 0 aliphatic rings. The minimum atomic E-state index is -1.000. The third-order valence-electron chi connectivity index (χ3n) is 2.81. The van der Waals surface area contributed by atoms with Gasteiger partial charge in [-0.15, -0.1) is 0 Å². The average Bonchev–Trinajstić information content (AvgIpc) is 2.40. The largest absolute Gasteiger partial charge is 0.489 e. The molecule has 0 aliphatic heterocycles. The lowest BCUT2D eigenvalue weighted by Crippen LogP contribution is -2.02. The fourth-order valence-corrected chi connectivity index (χ4v) is 1.95. The number of aromatic carboxylic acids is 1. The van der Waals surface area contributed by atoms with Crippen LogP contribution < -0.4 is 4.74 Å². The van der Waals surface area contributed by atoms with Crippen molar-refractivity contribution in [2.75, 3.05) is 0 Å². The number of carboxylic acids is 1. The Kier molecular flexibility index (Phi) is 4.25. The van der Waals surface area contributed by atoms with Gasteiger partial charge in [-0.1, -0.05) is 11.6 Å². The molecule has 5 heteroatoms. The molecule has 0 bridgehead atoms. The molecule has 2 rings (SSSR count). The summed E-state index contributed by atoms with van der Waals surface area (Å²) >= 11 is 5.80. The molecule has 0 saturated heterocycles. The second-order valence-corrected chi connectivity index (χ2v) is 4.75. The van der Waals surface area contributed by atoms with E-state index in [1.54, 1.807) is 13.0 Å². The average molecular weight is 295 g/mol. The van der Waals surface area contributed by atoms with Crippen molar-refractivity contribution in [1.82, 2.24) is 0 Å². The van der Waals surface area contributed by atoms with Crippen molar-refractivity contribution in [3.63, 3.8) is 0 Å². The first-order chi connectivity index (χ1) is 9.47. The fraction of sp³-hybridized carbons (Fsp3) is 0.133. The van der Waals surface area contributed by atoms with Crippen LogP contribution in [0.1, 0.15) is 21.5 Å².